The van der Waals surface area contributed by atoms with Gasteiger partial charge < -0.3 is 18.9 Å². The average Bonchev–Trinajstić information content (AvgIpc) is 2.60. The van der Waals surface area contributed by atoms with Crippen molar-refractivity contribution in [1.82, 2.24) is 0 Å². The van der Waals surface area contributed by atoms with Gasteiger partial charge in [0.15, 0.2) is 0 Å². The fraction of sp³-hybridized carbons (Fsp3) is 0.895. The van der Waals surface area contributed by atoms with Crippen molar-refractivity contribution in [3.05, 3.63) is 12.7 Å². The highest BCUT2D eigenvalue weighted by molar-refractivity contribution is 7.80. The molecule has 0 aliphatic carbocycles. The van der Waals surface area contributed by atoms with Gasteiger partial charge >= 0.3 is 0 Å². The molecule has 0 amide bonds. The Morgan fingerprint density at radius 3 is 1.46 bits per heavy atom. The van der Waals surface area contributed by atoms with Gasteiger partial charge in [0.05, 0.1) is 46.2 Å². The monoisotopic (exact) mass is 362 g/mol. The molecule has 0 atom stereocenters. The predicted octanol–water partition coefficient (Wildman–Crippen LogP) is 4.29. The van der Waals surface area contributed by atoms with Crippen molar-refractivity contribution in [2.45, 2.75) is 51.4 Å². The van der Waals surface area contributed by atoms with Crippen molar-refractivity contribution >= 4 is 12.6 Å². The second-order valence-electron chi connectivity index (χ2n) is 5.75. The lowest BCUT2D eigenvalue weighted by atomic mass is 10.1. The number of ether oxygens (including phenoxy) is 4. The van der Waals surface area contributed by atoms with Gasteiger partial charge in [0.1, 0.15) is 0 Å². The SMILES string of the molecule is C=CCOCCOCCOCCOCCCCCCCCCCS. The molecule has 0 aromatic rings. The summed E-state index contributed by atoms with van der Waals surface area (Å²) in [5, 5.41) is 0. The highest BCUT2D eigenvalue weighted by Gasteiger charge is 1.94. The van der Waals surface area contributed by atoms with E-state index >= 15 is 0 Å². The standard InChI is InChI=1S/C19H38O4S/c1-2-11-20-13-15-22-17-18-23-16-14-21-12-9-7-5-3-4-6-8-10-19-24/h2,24H,1,3-19H2. The van der Waals surface area contributed by atoms with Crippen molar-refractivity contribution in [3.63, 3.8) is 0 Å². The van der Waals surface area contributed by atoms with Crippen LogP contribution in [0.25, 0.3) is 0 Å². The lowest BCUT2D eigenvalue weighted by molar-refractivity contribution is 0.000527. The first kappa shape index (κ1) is 23.9. The van der Waals surface area contributed by atoms with E-state index in [1.165, 1.54) is 44.9 Å². The second-order valence-corrected chi connectivity index (χ2v) is 6.20. The molecular formula is C19H38O4S. The van der Waals surface area contributed by atoms with E-state index in [-0.39, 0.29) is 0 Å². The topological polar surface area (TPSA) is 36.9 Å². The Balaban J connectivity index is 2.94. The van der Waals surface area contributed by atoms with Crippen LogP contribution in [-0.2, 0) is 18.9 Å². The van der Waals surface area contributed by atoms with Crippen LogP contribution in [0, 0.1) is 0 Å². The third-order valence-corrected chi connectivity index (χ3v) is 3.86. The maximum Gasteiger partial charge on any atom is 0.0704 e. The predicted molar refractivity (Wildman–Crippen MR) is 104 cm³/mol. The zero-order valence-electron chi connectivity index (χ0n) is 15.4. The minimum atomic E-state index is 0.577. The third kappa shape index (κ3) is 21.9. The molecule has 5 heteroatoms. The first-order valence-electron chi connectivity index (χ1n) is 9.44. The van der Waals surface area contributed by atoms with Crippen LogP contribution in [0.3, 0.4) is 0 Å². The number of hydrogen-bond donors (Lipinski definition) is 1. The molecule has 0 aliphatic rings. The molecule has 24 heavy (non-hydrogen) atoms. The van der Waals surface area contributed by atoms with Gasteiger partial charge in [-0.2, -0.15) is 12.6 Å². The van der Waals surface area contributed by atoms with Gasteiger partial charge in [-0.15, -0.1) is 6.58 Å². The summed E-state index contributed by atoms with van der Waals surface area (Å²) in [6.45, 7) is 8.73. The Bertz CT molecular complexity index is 239. The summed E-state index contributed by atoms with van der Waals surface area (Å²) in [6, 6.07) is 0. The quantitative estimate of drug-likeness (QED) is 0.188. The van der Waals surface area contributed by atoms with Crippen LogP contribution < -0.4 is 0 Å². The fourth-order valence-electron chi connectivity index (χ4n) is 2.20. The van der Waals surface area contributed by atoms with Crippen LogP contribution in [0.4, 0.5) is 0 Å². The van der Waals surface area contributed by atoms with E-state index in [4.69, 9.17) is 18.9 Å². The molecule has 0 heterocycles. The molecule has 0 saturated heterocycles. The third-order valence-electron chi connectivity index (χ3n) is 3.55. The first-order valence-corrected chi connectivity index (χ1v) is 10.1. The van der Waals surface area contributed by atoms with Gasteiger partial charge in [-0.25, -0.2) is 0 Å². The van der Waals surface area contributed by atoms with Gasteiger partial charge in [0, 0.05) is 6.61 Å². The molecule has 0 bridgehead atoms. The summed E-state index contributed by atoms with van der Waals surface area (Å²) in [7, 11) is 0. The second kappa shape index (κ2) is 22.9. The molecule has 4 nitrogen and oxygen atoms in total. The van der Waals surface area contributed by atoms with Gasteiger partial charge in [0.2, 0.25) is 0 Å². The van der Waals surface area contributed by atoms with Crippen LogP contribution in [0.5, 0.6) is 0 Å². The maximum atomic E-state index is 5.56. The van der Waals surface area contributed by atoms with E-state index in [0.717, 1.165) is 18.8 Å². The van der Waals surface area contributed by atoms with Gasteiger partial charge in [0.25, 0.3) is 0 Å². The van der Waals surface area contributed by atoms with E-state index in [0.29, 0.717) is 46.2 Å². The Labute approximate surface area is 154 Å². The van der Waals surface area contributed by atoms with Crippen LogP contribution in [0.2, 0.25) is 0 Å². The largest absolute Gasteiger partial charge is 0.379 e. The number of rotatable bonds is 21. The molecule has 0 radical (unpaired) electrons. The van der Waals surface area contributed by atoms with Crippen LogP contribution >= 0.6 is 12.6 Å². The van der Waals surface area contributed by atoms with E-state index in [1.807, 2.05) is 0 Å². The van der Waals surface area contributed by atoms with Crippen molar-refractivity contribution in [3.8, 4) is 0 Å². The molecule has 0 aromatic carbocycles. The number of thiol groups is 1. The van der Waals surface area contributed by atoms with Gasteiger partial charge in [-0.3, -0.25) is 0 Å². The van der Waals surface area contributed by atoms with Crippen LogP contribution in [-0.4, -0.2) is 58.6 Å². The van der Waals surface area contributed by atoms with E-state index in [9.17, 15) is 0 Å². The zero-order chi connectivity index (χ0) is 17.6. The van der Waals surface area contributed by atoms with Crippen molar-refractivity contribution in [1.29, 1.82) is 0 Å². The zero-order valence-corrected chi connectivity index (χ0v) is 16.3. The first-order chi connectivity index (χ1) is 11.9. The van der Waals surface area contributed by atoms with Gasteiger partial charge in [-0.1, -0.05) is 44.6 Å². The molecule has 0 unspecified atom stereocenters. The molecular weight excluding hydrogens is 324 g/mol. The summed E-state index contributed by atoms with van der Waals surface area (Å²) in [6.07, 6.45) is 12.2. The van der Waals surface area contributed by atoms with Crippen LogP contribution in [0.15, 0.2) is 12.7 Å². The lowest BCUT2D eigenvalue weighted by Gasteiger charge is -2.07. The minimum Gasteiger partial charge on any atom is -0.379 e. The summed E-state index contributed by atoms with van der Waals surface area (Å²) in [5.41, 5.74) is 0. The fourth-order valence-corrected chi connectivity index (χ4v) is 2.43. The van der Waals surface area contributed by atoms with E-state index < -0.39 is 0 Å². The normalized spacial score (nSPS) is 11.0. The summed E-state index contributed by atoms with van der Waals surface area (Å²) >= 11 is 4.23. The maximum absolute atomic E-state index is 5.56. The smallest absolute Gasteiger partial charge is 0.0704 e. The van der Waals surface area contributed by atoms with Crippen molar-refractivity contribution in [2.24, 2.45) is 0 Å². The van der Waals surface area contributed by atoms with E-state index in [1.54, 1.807) is 6.08 Å². The summed E-state index contributed by atoms with van der Waals surface area (Å²) in [5.74, 6) is 1.03. The number of unbranched alkanes of at least 4 members (excludes halogenated alkanes) is 7. The Morgan fingerprint density at radius 2 is 0.958 bits per heavy atom. The molecule has 0 aromatic heterocycles. The molecule has 0 spiro atoms. The Hall–Kier alpha value is -0.0700. The lowest BCUT2D eigenvalue weighted by Crippen LogP contribution is -2.12. The Morgan fingerprint density at radius 1 is 0.542 bits per heavy atom. The van der Waals surface area contributed by atoms with E-state index in [2.05, 4.69) is 19.2 Å². The Kier molecular flexibility index (Phi) is 22.9. The van der Waals surface area contributed by atoms with Gasteiger partial charge in [-0.05, 0) is 18.6 Å². The molecule has 0 fully saturated rings. The van der Waals surface area contributed by atoms with Crippen molar-refractivity contribution < 1.29 is 18.9 Å². The molecule has 0 aliphatic heterocycles. The summed E-state index contributed by atoms with van der Waals surface area (Å²) in [4.78, 5) is 0. The molecule has 0 saturated carbocycles. The number of hydrogen-bond acceptors (Lipinski definition) is 5. The van der Waals surface area contributed by atoms with Crippen molar-refractivity contribution in [2.75, 3.05) is 58.6 Å². The summed E-state index contributed by atoms with van der Waals surface area (Å²) < 4.78 is 21.6. The minimum absolute atomic E-state index is 0.577. The average molecular weight is 363 g/mol. The highest BCUT2D eigenvalue weighted by atomic mass is 32.1. The molecule has 144 valence electrons. The van der Waals surface area contributed by atoms with Crippen LogP contribution in [0.1, 0.15) is 51.4 Å². The highest BCUT2D eigenvalue weighted by Crippen LogP contribution is 2.08. The molecule has 0 rings (SSSR count). The molecule has 0 N–H and O–H groups in total.